The van der Waals surface area contributed by atoms with Crippen molar-refractivity contribution in [3.8, 4) is 5.69 Å². The second-order valence-electron chi connectivity index (χ2n) is 5.26. The highest BCUT2D eigenvalue weighted by Gasteiger charge is 2.35. The van der Waals surface area contributed by atoms with Gasteiger partial charge in [0, 0.05) is 23.7 Å². The molecule has 0 N–H and O–H groups in total. The first kappa shape index (κ1) is 14.8. The van der Waals surface area contributed by atoms with E-state index in [4.69, 9.17) is 0 Å². The lowest BCUT2D eigenvalue weighted by Gasteiger charge is -2.17. The summed E-state index contributed by atoms with van der Waals surface area (Å²) < 4.78 is 66.5. The van der Waals surface area contributed by atoms with Crippen molar-refractivity contribution in [2.75, 3.05) is 0 Å². The molecule has 1 aromatic heterocycles. The molecule has 22 heavy (non-hydrogen) atoms. The smallest absolute Gasteiger partial charge is 0.272 e. The Labute approximate surface area is 121 Å². The van der Waals surface area contributed by atoms with E-state index in [1.807, 2.05) is 0 Å². The highest BCUT2D eigenvalue weighted by atomic mass is 19.4. The van der Waals surface area contributed by atoms with Crippen molar-refractivity contribution < 1.29 is 22.0 Å². The van der Waals surface area contributed by atoms with Crippen molar-refractivity contribution in [1.29, 1.82) is 0 Å². The van der Waals surface area contributed by atoms with Crippen LogP contribution >= 0.6 is 0 Å². The summed E-state index contributed by atoms with van der Waals surface area (Å²) in [7, 11) is 0. The van der Waals surface area contributed by atoms with Gasteiger partial charge in [-0.3, -0.25) is 9.48 Å². The van der Waals surface area contributed by atoms with Crippen molar-refractivity contribution in [3.63, 3.8) is 0 Å². The Balaban J connectivity index is 2.19. The standard InChI is InChI=1S/C14H11F5N2O/c15-9-3-4-11(10(16)5-9)21-13(22)6-12(8-1-2-8)20(21)7-14(17,18)19/h3-6,8H,1-2,7H2. The van der Waals surface area contributed by atoms with Crippen LogP contribution in [0.25, 0.3) is 5.69 Å². The first-order valence-electron chi connectivity index (χ1n) is 6.61. The number of nitrogens with zero attached hydrogens (tertiary/aromatic N) is 2. The highest BCUT2D eigenvalue weighted by molar-refractivity contribution is 5.34. The summed E-state index contributed by atoms with van der Waals surface area (Å²) in [6, 6.07) is 3.47. The molecular weight excluding hydrogens is 307 g/mol. The van der Waals surface area contributed by atoms with Crippen LogP contribution < -0.4 is 5.56 Å². The summed E-state index contributed by atoms with van der Waals surface area (Å²) in [5.41, 5.74) is -0.940. The zero-order chi connectivity index (χ0) is 16.1. The maximum Gasteiger partial charge on any atom is 0.407 e. The van der Waals surface area contributed by atoms with E-state index >= 15 is 0 Å². The molecule has 1 heterocycles. The molecule has 0 bridgehead atoms. The largest absolute Gasteiger partial charge is 0.407 e. The fourth-order valence-electron chi connectivity index (χ4n) is 2.44. The van der Waals surface area contributed by atoms with Crippen LogP contribution in [0.2, 0.25) is 0 Å². The van der Waals surface area contributed by atoms with Crippen molar-refractivity contribution in [2.24, 2.45) is 0 Å². The maximum atomic E-state index is 13.9. The Bertz CT molecular complexity index is 771. The lowest BCUT2D eigenvalue weighted by Crippen LogP contribution is -2.28. The van der Waals surface area contributed by atoms with Crippen molar-refractivity contribution >= 4 is 0 Å². The minimum Gasteiger partial charge on any atom is -0.272 e. The van der Waals surface area contributed by atoms with Gasteiger partial charge in [-0.2, -0.15) is 13.2 Å². The molecule has 0 spiro atoms. The predicted octanol–water partition coefficient (Wildman–Crippen LogP) is 3.36. The molecule has 3 rings (SSSR count). The van der Waals surface area contributed by atoms with E-state index in [1.165, 1.54) is 0 Å². The normalized spacial score (nSPS) is 15.3. The molecule has 0 atom stereocenters. The minimum atomic E-state index is -4.56. The van der Waals surface area contributed by atoms with Gasteiger partial charge in [0.05, 0.1) is 0 Å². The van der Waals surface area contributed by atoms with Crippen LogP contribution in [0.15, 0.2) is 29.1 Å². The fourth-order valence-corrected chi connectivity index (χ4v) is 2.44. The Morgan fingerprint density at radius 3 is 2.36 bits per heavy atom. The van der Waals surface area contributed by atoms with Crippen LogP contribution in [0.4, 0.5) is 22.0 Å². The Kier molecular flexibility index (Phi) is 3.34. The number of rotatable bonds is 3. The number of hydrogen-bond acceptors (Lipinski definition) is 1. The van der Waals surface area contributed by atoms with Gasteiger partial charge in [0.1, 0.15) is 18.0 Å². The maximum absolute atomic E-state index is 13.9. The van der Waals surface area contributed by atoms with Crippen LogP contribution in [0.5, 0.6) is 0 Å². The molecule has 2 aromatic rings. The lowest BCUT2D eigenvalue weighted by atomic mass is 10.3. The number of alkyl halides is 3. The predicted molar refractivity (Wildman–Crippen MR) is 68.0 cm³/mol. The van der Waals surface area contributed by atoms with Gasteiger partial charge in [0.25, 0.3) is 5.56 Å². The van der Waals surface area contributed by atoms with Gasteiger partial charge in [-0.05, 0) is 25.0 Å². The van der Waals surface area contributed by atoms with E-state index in [9.17, 15) is 26.7 Å². The van der Waals surface area contributed by atoms with Crippen LogP contribution in [-0.2, 0) is 6.54 Å². The summed E-state index contributed by atoms with van der Waals surface area (Å²) in [4.78, 5) is 12.0. The van der Waals surface area contributed by atoms with Gasteiger partial charge >= 0.3 is 6.18 Å². The Morgan fingerprint density at radius 2 is 1.82 bits per heavy atom. The van der Waals surface area contributed by atoms with E-state index in [2.05, 4.69) is 0 Å². The molecular formula is C14H11F5N2O. The summed E-state index contributed by atoms with van der Waals surface area (Å²) >= 11 is 0. The van der Waals surface area contributed by atoms with E-state index in [0.29, 0.717) is 23.6 Å². The van der Waals surface area contributed by atoms with Gasteiger partial charge in [-0.1, -0.05) is 0 Å². The van der Waals surface area contributed by atoms with Crippen molar-refractivity contribution in [1.82, 2.24) is 9.36 Å². The fraction of sp³-hybridized carbons (Fsp3) is 0.357. The van der Waals surface area contributed by atoms with Gasteiger partial charge in [0.15, 0.2) is 5.82 Å². The second-order valence-corrected chi connectivity index (χ2v) is 5.26. The molecule has 0 amide bonds. The SMILES string of the molecule is O=c1cc(C2CC2)n(CC(F)(F)F)n1-c1ccc(F)cc1F. The summed E-state index contributed by atoms with van der Waals surface area (Å²) in [6.07, 6.45) is -3.19. The molecule has 0 radical (unpaired) electrons. The van der Waals surface area contributed by atoms with Crippen LogP contribution in [-0.4, -0.2) is 15.5 Å². The number of benzene rings is 1. The molecule has 3 nitrogen and oxygen atoms in total. The van der Waals surface area contributed by atoms with Crippen LogP contribution in [0, 0.1) is 11.6 Å². The number of halogens is 5. The topological polar surface area (TPSA) is 26.9 Å². The van der Waals surface area contributed by atoms with Gasteiger partial charge < -0.3 is 0 Å². The first-order chi connectivity index (χ1) is 10.3. The van der Waals surface area contributed by atoms with Crippen molar-refractivity contribution in [2.45, 2.75) is 31.5 Å². The summed E-state index contributed by atoms with van der Waals surface area (Å²) in [5.74, 6) is -2.09. The number of hydrogen-bond donors (Lipinski definition) is 0. The highest BCUT2D eigenvalue weighted by Crippen LogP contribution is 2.40. The average molecular weight is 318 g/mol. The van der Waals surface area contributed by atoms with Crippen molar-refractivity contribution in [3.05, 3.63) is 51.9 Å². The lowest BCUT2D eigenvalue weighted by molar-refractivity contribution is -0.144. The minimum absolute atomic E-state index is 0.125. The number of aromatic nitrogens is 2. The third kappa shape index (κ3) is 2.77. The summed E-state index contributed by atoms with van der Waals surface area (Å²) in [6.45, 7) is -1.40. The molecule has 0 aliphatic heterocycles. The Morgan fingerprint density at radius 1 is 1.14 bits per heavy atom. The molecule has 1 aliphatic carbocycles. The van der Waals surface area contributed by atoms with Crippen LogP contribution in [0.3, 0.4) is 0 Å². The molecule has 0 saturated heterocycles. The van der Waals surface area contributed by atoms with E-state index in [0.717, 1.165) is 22.9 Å². The quantitative estimate of drug-likeness (QED) is 0.797. The monoisotopic (exact) mass is 318 g/mol. The van der Waals surface area contributed by atoms with Gasteiger partial charge in [-0.25, -0.2) is 13.5 Å². The van der Waals surface area contributed by atoms with Crippen LogP contribution in [0.1, 0.15) is 24.5 Å². The molecule has 1 fully saturated rings. The first-order valence-corrected chi connectivity index (χ1v) is 6.61. The van der Waals surface area contributed by atoms with Gasteiger partial charge in [-0.15, -0.1) is 0 Å². The van der Waals surface area contributed by atoms with E-state index in [1.54, 1.807) is 0 Å². The van der Waals surface area contributed by atoms with E-state index in [-0.39, 0.29) is 11.6 Å². The second kappa shape index (κ2) is 4.96. The third-order valence-electron chi connectivity index (χ3n) is 3.48. The van der Waals surface area contributed by atoms with Gasteiger partial charge in [0.2, 0.25) is 0 Å². The van der Waals surface area contributed by atoms with E-state index < -0.39 is 35.6 Å². The zero-order valence-electron chi connectivity index (χ0n) is 11.2. The zero-order valence-corrected chi connectivity index (χ0v) is 11.2. The average Bonchev–Trinajstić information content (AvgIpc) is 3.16. The molecule has 8 heteroatoms. The third-order valence-corrected chi connectivity index (χ3v) is 3.48. The Hall–Kier alpha value is -2.12. The molecule has 118 valence electrons. The molecule has 1 aliphatic rings. The molecule has 0 unspecified atom stereocenters. The summed E-state index contributed by atoms with van der Waals surface area (Å²) in [5, 5.41) is 0. The molecule has 1 aromatic carbocycles. The molecule has 1 saturated carbocycles.